The smallest absolute Gasteiger partial charge is 0.407 e. The molecule has 0 aliphatic heterocycles. The molecule has 98 valence electrons. The summed E-state index contributed by atoms with van der Waals surface area (Å²) in [5.41, 5.74) is -0.629. The van der Waals surface area contributed by atoms with Gasteiger partial charge < -0.3 is 26.0 Å². The first kappa shape index (κ1) is 17.9. The minimum Gasteiger partial charge on any atom is -0.444 e. The fourth-order valence-corrected chi connectivity index (χ4v) is 1.23. The largest absolute Gasteiger partial charge is 0.444 e. The maximum Gasteiger partial charge on any atom is 0.407 e. The summed E-state index contributed by atoms with van der Waals surface area (Å²) in [6.07, 6.45) is -2.56. The Bertz CT molecular complexity index is 211. The molecule has 6 N–H and O–H groups in total. The van der Waals surface area contributed by atoms with Gasteiger partial charge in [0.25, 0.3) is 0 Å². The van der Waals surface area contributed by atoms with E-state index in [1.807, 2.05) is 0 Å². The van der Waals surface area contributed by atoms with Crippen molar-refractivity contribution in [2.24, 2.45) is 0 Å². The molecule has 0 saturated heterocycles. The lowest BCUT2D eigenvalue weighted by Crippen LogP contribution is -2.36. The van der Waals surface area contributed by atoms with Gasteiger partial charge in [0.15, 0.2) is 8.38 Å². The fraction of sp³-hybridized carbons (Fsp3) is 0.875. The monoisotopic (exact) mass is 258 g/mol. The van der Waals surface area contributed by atoms with Crippen LogP contribution in [0.5, 0.6) is 0 Å². The number of hydrogen-bond donors (Lipinski definition) is 4. The normalized spacial score (nSPS) is 12.9. The first-order chi connectivity index (χ1) is 6.70. The van der Waals surface area contributed by atoms with E-state index in [-0.39, 0.29) is 18.9 Å². The molecule has 0 rings (SSSR count). The Balaban J connectivity index is 0. The van der Waals surface area contributed by atoms with Gasteiger partial charge in [0.2, 0.25) is 0 Å². The third-order valence-electron chi connectivity index (χ3n) is 1.23. The van der Waals surface area contributed by atoms with Gasteiger partial charge in [-0.25, -0.2) is 9.18 Å². The van der Waals surface area contributed by atoms with E-state index in [1.54, 1.807) is 20.8 Å². The second-order valence-corrected chi connectivity index (χ2v) is 5.14. The van der Waals surface area contributed by atoms with Crippen LogP contribution < -0.4 is 11.5 Å². The molecule has 16 heavy (non-hydrogen) atoms. The van der Waals surface area contributed by atoms with Gasteiger partial charge >= 0.3 is 6.09 Å². The number of hydrogen-bond acceptors (Lipinski definition) is 5. The van der Waals surface area contributed by atoms with Crippen LogP contribution in [-0.2, 0) is 4.74 Å². The van der Waals surface area contributed by atoms with Crippen molar-refractivity contribution in [3.8, 4) is 0 Å². The summed E-state index contributed by atoms with van der Waals surface area (Å²) in [6, 6.07) is 0. The van der Waals surface area contributed by atoms with Gasteiger partial charge in [0.1, 0.15) is 11.8 Å². The summed E-state index contributed by atoms with van der Waals surface area (Å²) in [5, 5.41) is 2.20. The van der Waals surface area contributed by atoms with Gasteiger partial charge in [-0.15, -0.1) is 0 Å². The highest BCUT2D eigenvalue weighted by Gasteiger charge is 2.18. The number of amides is 1. The predicted octanol–water partition coefficient (Wildman–Crippen LogP) is 1.31. The molecule has 0 aromatic rings. The highest BCUT2D eigenvalue weighted by molar-refractivity contribution is 7.45. The van der Waals surface area contributed by atoms with Crippen LogP contribution in [0.4, 0.5) is 9.18 Å². The third kappa shape index (κ3) is 11.6. The lowest BCUT2D eigenvalue weighted by atomic mass is 10.2. The molecule has 0 aromatic heterocycles. The molecule has 0 saturated carbocycles. The summed E-state index contributed by atoms with van der Waals surface area (Å²) in [6.45, 7) is 4.80. The highest BCUT2D eigenvalue weighted by atomic mass is 31.2. The van der Waals surface area contributed by atoms with E-state index in [1.165, 1.54) is 0 Å². The molecule has 0 radical (unpaired) electrons. The van der Waals surface area contributed by atoms with Gasteiger partial charge in [0.05, 0.1) is 12.7 Å². The van der Waals surface area contributed by atoms with Gasteiger partial charge in [-0.3, -0.25) is 0 Å². The van der Waals surface area contributed by atoms with Crippen LogP contribution in [0.2, 0.25) is 0 Å². The Hall–Kier alpha value is -0.490. The number of carbonyl (C=O) groups is 1. The molecule has 0 aromatic carbocycles. The Labute approximate surface area is 95.7 Å². The Morgan fingerprint density at radius 3 is 2.38 bits per heavy atom. The second kappa shape index (κ2) is 7.73. The number of carbonyl (C=O) groups excluding carboxylic acids is 1. The van der Waals surface area contributed by atoms with E-state index >= 15 is 0 Å². The van der Waals surface area contributed by atoms with Crippen LogP contribution in [0.1, 0.15) is 20.8 Å². The van der Waals surface area contributed by atoms with Crippen molar-refractivity contribution in [2.45, 2.75) is 32.5 Å². The van der Waals surface area contributed by atoms with Crippen LogP contribution in [0.15, 0.2) is 0 Å². The zero-order chi connectivity index (χ0) is 12.1. The lowest BCUT2D eigenvalue weighted by molar-refractivity contribution is 0.0515. The molecule has 0 bridgehead atoms. The molecule has 0 fully saturated rings. The number of alkyl halides is 1. The average Bonchev–Trinajstić information content (AvgIpc) is 1.96. The van der Waals surface area contributed by atoms with Crippen molar-refractivity contribution in [1.82, 2.24) is 11.5 Å². The van der Waals surface area contributed by atoms with Gasteiger partial charge in [-0.2, -0.15) is 0 Å². The maximum absolute atomic E-state index is 12.9. The quantitative estimate of drug-likeness (QED) is 0.568. The Morgan fingerprint density at radius 2 is 2.00 bits per heavy atom. The lowest BCUT2D eigenvalue weighted by Gasteiger charge is -2.20. The van der Waals surface area contributed by atoms with Crippen LogP contribution >= 0.6 is 8.38 Å². The summed E-state index contributed by atoms with van der Waals surface area (Å²) < 4.78 is 17.7. The first-order valence-corrected chi connectivity index (χ1v) is 5.90. The van der Waals surface area contributed by atoms with E-state index in [2.05, 4.69) is 5.32 Å². The molecular weight excluding hydrogens is 238 g/mol. The fourth-order valence-electron chi connectivity index (χ4n) is 0.750. The van der Waals surface area contributed by atoms with Crippen molar-refractivity contribution in [2.75, 3.05) is 12.7 Å². The van der Waals surface area contributed by atoms with E-state index in [0.717, 1.165) is 0 Å². The second-order valence-electron chi connectivity index (χ2n) is 4.03. The zero-order valence-electron chi connectivity index (χ0n) is 9.73. The molecule has 0 spiro atoms. The van der Waals surface area contributed by atoms with E-state index in [0.29, 0.717) is 0 Å². The van der Waals surface area contributed by atoms with Crippen molar-refractivity contribution >= 4 is 14.5 Å². The Kier molecular flexibility index (Phi) is 8.64. The SMILES string of the molecule is CC(C)(C)OC(=O)NC[C@@H](F)CP(O)O.N. The number of halogens is 1. The van der Waals surface area contributed by atoms with Gasteiger partial charge in [-0.1, -0.05) is 0 Å². The standard InChI is InChI=1S/C8H17FNO4P.H3N/c1-8(2,3)14-7(11)10-4-6(9)5-15(12)13;/h6,12-13H,4-5H2,1-3H3,(H,10,11);1H3/t6-;/m1./s1. The number of ether oxygens (including phenoxy) is 1. The number of rotatable bonds is 4. The molecule has 1 amide bonds. The minimum atomic E-state index is -2.26. The zero-order valence-corrected chi connectivity index (χ0v) is 10.6. The van der Waals surface area contributed by atoms with E-state index < -0.39 is 26.2 Å². The van der Waals surface area contributed by atoms with Gasteiger partial charge in [0, 0.05) is 0 Å². The number of nitrogens with one attached hydrogen (secondary N) is 1. The van der Waals surface area contributed by atoms with E-state index in [4.69, 9.17) is 14.5 Å². The predicted molar refractivity (Wildman–Crippen MR) is 60.4 cm³/mol. The average molecular weight is 258 g/mol. The molecule has 0 heterocycles. The van der Waals surface area contributed by atoms with Crippen LogP contribution in [0, 0.1) is 0 Å². The molecule has 8 heteroatoms. The third-order valence-corrected chi connectivity index (χ3v) is 1.95. The van der Waals surface area contributed by atoms with Crippen molar-refractivity contribution < 1.29 is 23.7 Å². The van der Waals surface area contributed by atoms with Crippen molar-refractivity contribution in [3.05, 3.63) is 0 Å². The summed E-state index contributed by atoms with van der Waals surface area (Å²) in [7, 11) is -2.26. The summed E-state index contributed by atoms with van der Waals surface area (Å²) in [5.74, 6) is 0. The molecule has 0 aliphatic carbocycles. The first-order valence-electron chi connectivity index (χ1n) is 4.47. The maximum atomic E-state index is 12.9. The molecular formula is C8H20FN2O4P. The van der Waals surface area contributed by atoms with Crippen LogP contribution in [0.3, 0.4) is 0 Å². The summed E-state index contributed by atoms with van der Waals surface area (Å²) >= 11 is 0. The molecule has 6 nitrogen and oxygen atoms in total. The Morgan fingerprint density at radius 1 is 1.50 bits per heavy atom. The topological polar surface area (TPSA) is 114 Å². The molecule has 0 unspecified atom stereocenters. The van der Waals surface area contributed by atoms with Crippen LogP contribution in [0.25, 0.3) is 0 Å². The minimum absolute atomic E-state index is 0. The molecule has 1 atom stereocenters. The van der Waals surface area contributed by atoms with Crippen molar-refractivity contribution in [1.29, 1.82) is 0 Å². The number of alkyl carbamates (subject to hydrolysis) is 1. The molecule has 0 aliphatic rings. The van der Waals surface area contributed by atoms with Gasteiger partial charge in [-0.05, 0) is 20.8 Å². The highest BCUT2D eigenvalue weighted by Crippen LogP contribution is 2.24. The summed E-state index contributed by atoms with van der Waals surface area (Å²) in [4.78, 5) is 28.1. The van der Waals surface area contributed by atoms with Crippen LogP contribution in [-0.4, -0.2) is 40.4 Å². The van der Waals surface area contributed by atoms with Crippen molar-refractivity contribution in [3.63, 3.8) is 0 Å². The van der Waals surface area contributed by atoms with E-state index in [9.17, 15) is 9.18 Å².